The zero-order valence-corrected chi connectivity index (χ0v) is 15.4. The molecule has 0 aliphatic carbocycles. The molecule has 0 saturated heterocycles. The highest BCUT2D eigenvalue weighted by Gasteiger charge is 2.28. The standard InChI is InChI=1S/C16H20N2O6S/c1-9(19)13-11-7-6-10(17-25(5,22)23)8-12(11)18(14(13)20)24-15(21)16(2,3)4/h6-8,17,20H,1-5H3. The molecular weight excluding hydrogens is 348 g/mol. The molecule has 0 spiro atoms. The molecule has 0 fully saturated rings. The van der Waals surface area contributed by atoms with Gasteiger partial charge in [0.2, 0.25) is 15.9 Å². The third kappa shape index (κ3) is 3.93. The molecule has 0 bridgehead atoms. The van der Waals surface area contributed by atoms with Crippen LogP contribution in [0, 0.1) is 5.41 Å². The van der Waals surface area contributed by atoms with Gasteiger partial charge in [-0.05, 0) is 45.9 Å². The van der Waals surface area contributed by atoms with Crippen LogP contribution in [0.1, 0.15) is 38.1 Å². The quantitative estimate of drug-likeness (QED) is 0.797. The van der Waals surface area contributed by atoms with Crippen LogP contribution in [0.4, 0.5) is 5.69 Å². The molecule has 9 heteroatoms. The van der Waals surface area contributed by atoms with E-state index in [-0.39, 0.29) is 16.8 Å². The molecular formula is C16H20N2O6S. The minimum absolute atomic E-state index is 0.0115. The van der Waals surface area contributed by atoms with Crippen LogP contribution in [0.3, 0.4) is 0 Å². The Morgan fingerprint density at radius 1 is 1.24 bits per heavy atom. The first-order chi connectivity index (χ1) is 11.3. The molecule has 136 valence electrons. The topological polar surface area (TPSA) is 115 Å². The molecule has 0 aliphatic heterocycles. The van der Waals surface area contributed by atoms with Gasteiger partial charge in [0.25, 0.3) is 0 Å². The summed E-state index contributed by atoms with van der Waals surface area (Å²) in [5.41, 5.74) is -0.464. The normalized spacial score (nSPS) is 12.2. The van der Waals surface area contributed by atoms with E-state index in [0.29, 0.717) is 5.39 Å². The first kappa shape index (κ1) is 18.8. The molecule has 0 saturated carbocycles. The van der Waals surface area contributed by atoms with Gasteiger partial charge in [-0.1, -0.05) is 0 Å². The molecule has 2 rings (SSSR count). The Hall–Kier alpha value is -2.55. The zero-order chi connectivity index (χ0) is 19.2. The number of hydrogen-bond acceptors (Lipinski definition) is 6. The summed E-state index contributed by atoms with van der Waals surface area (Å²) in [7, 11) is -3.52. The van der Waals surface area contributed by atoms with Gasteiger partial charge in [-0.3, -0.25) is 9.52 Å². The fourth-order valence-electron chi connectivity index (χ4n) is 2.18. The van der Waals surface area contributed by atoms with Gasteiger partial charge in [-0.15, -0.1) is 4.73 Å². The molecule has 0 unspecified atom stereocenters. The number of Topliss-reactive ketones (excluding diaryl/α,β-unsaturated/α-hetero) is 1. The van der Waals surface area contributed by atoms with Crippen LogP contribution in [-0.2, 0) is 14.8 Å². The maximum Gasteiger partial charge on any atom is 0.338 e. The summed E-state index contributed by atoms with van der Waals surface area (Å²) >= 11 is 0. The number of nitrogens with zero attached hydrogens (tertiary/aromatic N) is 1. The highest BCUT2D eigenvalue weighted by Crippen LogP contribution is 2.33. The van der Waals surface area contributed by atoms with Gasteiger partial charge in [-0.25, -0.2) is 13.2 Å². The minimum Gasteiger partial charge on any atom is -0.492 e. The van der Waals surface area contributed by atoms with E-state index < -0.39 is 33.1 Å². The fraction of sp³-hybridized carbons (Fsp3) is 0.375. The van der Waals surface area contributed by atoms with Crippen molar-refractivity contribution in [2.45, 2.75) is 27.7 Å². The zero-order valence-electron chi connectivity index (χ0n) is 14.6. The van der Waals surface area contributed by atoms with E-state index in [0.717, 1.165) is 11.0 Å². The van der Waals surface area contributed by atoms with Gasteiger partial charge in [0.15, 0.2) is 5.78 Å². The first-order valence-corrected chi connectivity index (χ1v) is 9.29. The molecule has 0 amide bonds. The van der Waals surface area contributed by atoms with Crippen LogP contribution in [0.5, 0.6) is 5.88 Å². The van der Waals surface area contributed by atoms with Gasteiger partial charge in [-0.2, -0.15) is 0 Å². The lowest BCUT2D eigenvalue weighted by molar-refractivity contribution is -0.153. The van der Waals surface area contributed by atoms with Crippen molar-refractivity contribution in [3.63, 3.8) is 0 Å². The van der Waals surface area contributed by atoms with Crippen LogP contribution in [0.15, 0.2) is 18.2 Å². The predicted octanol–water partition coefficient (Wildman–Crippen LogP) is 1.92. The average Bonchev–Trinajstić information content (AvgIpc) is 2.68. The molecule has 0 atom stereocenters. The molecule has 8 nitrogen and oxygen atoms in total. The second kappa shape index (κ2) is 6.07. The summed E-state index contributed by atoms with van der Waals surface area (Å²) in [6, 6.07) is 4.30. The van der Waals surface area contributed by atoms with Crippen molar-refractivity contribution >= 4 is 38.4 Å². The number of aromatic nitrogens is 1. The lowest BCUT2D eigenvalue weighted by atomic mass is 9.98. The highest BCUT2D eigenvalue weighted by atomic mass is 32.2. The number of hydrogen-bond donors (Lipinski definition) is 2. The Labute approximate surface area is 145 Å². The van der Waals surface area contributed by atoms with Gasteiger partial charge < -0.3 is 9.94 Å². The molecule has 25 heavy (non-hydrogen) atoms. The summed E-state index contributed by atoms with van der Waals surface area (Å²) in [5.74, 6) is -1.57. The number of rotatable bonds is 4. The molecule has 1 aromatic carbocycles. The Morgan fingerprint density at radius 3 is 2.32 bits per heavy atom. The predicted molar refractivity (Wildman–Crippen MR) is 93.1 cm³/mol. The van der Waals surface area contributed by atoms with Crippen LogP contribution in [0.2, 0.25) is 0 Å². The maximum atomic E-state index is 12.2. The third-order valence-electron chi connectivity index (χ3n) is 3.34. The molecule has 2 aromatic rings. The minimum atomic E-state index is -3.52. The van der Waals surface area contributed by atoms with E-state index >= 15 is 0 Å². The molecule has 2 N–H and O–H groups in total. The summed E-state index contributed by atoms with van der Waals surface area (Å²) in [4.78, 5) is 29.3. The smallest absolute Gasteiger partial charge is 0.338 e. The van der Waals surface area contributed by atoms with Crippen molar-refractivity contribution in [1.29, 1.82) is 0 Å². The summed E-state index contributed by atoms with van der Waals surface area (Å²) < 4.78 is 25.9. The summed E-state index contributed by atoms with van der Waals surface area (Å²) in [6.07, 6.45) is 0.994. The largest absolute Gasteiger partial charge is 0.492 e. The number of ketones is 1. The average molecular weight is 368 g/mol. The van der Waals surface area contributed by atoms with E-state index in [1.165, 1.54) is 25.1 Å². The monoisotopic (exact) mass is 368 g/mol. The van der Waals surface area contributed by atoms with E-state index in [1.54, 1.807) is 20.8 Å². The first-order valence-electron chi connectivity index (χ1n) is 7.40. The van der Waals surface area contributed by atoms with Gasteiger partial charge >= 0.3 is 5.97 Å². The van der Waals surface area contributed by atoms with Crippen molar-refractivity contribution in [3.8, 4) is 5.88 Å². The Morgan fingerprint density at radius 2 is 1.84 bits per heavy atom. The Bertz CT molecular complexity index is 967. The maximum absolute atomic E-state index is 12.2. The number of benzene rings is 1. The number of fused-ring (bicyclic) bond motifs is 1. The summed E-state index contributed by atoms with van der Waals surface area (Å²) in [6.45, 7) is 6.19. The SMILES string of the molecule is CC(=O)c1c(O)n(OC(=O)C(C)(C)C)c2cc(NS(C)(=O)=O)ccc12. The second-order valence-corrected chi connectivity index (χ2v) is 8.53. The number of nitrogens with one attached hydrogen (secondary N) is 1. The number of anilines is 1. The molecule has 0 radical (unpaired) electrons. The second-order valence-electron chi connectivity index (χ2n) is 6.78. The number of carbonyl (C=O) groups is 2. The number of sulfonamides is 1. The van der Waals surface area contributed by atoms with E-state index in [2.05, 4.69) is 4.72 Å². The van der Waals surface area contributed by atoms with Crippen LogP contribution in [-0.4, -0.2) is 36.3 Å². The van der Waals surface area contributed by atoms with Crippen LogP contribution in [0.25, 0.3) is 10.9 Å². The molecule has 0 aliphatic rings. The van der Waals surface area contributed by atoms with Gasteiger partial charge in [0, 0.05) is 5.39 Å². The van der Waals surface area contributed by atoms with E-state index in [4.69, 9.17) is 4.84 Å². The third-order valence-corrected chi connectivity index (χ3v) is 3.95. The van der Waals surface area contributed by atoms with E-state index in [1.807, 2.05) is 0 Å². The highest BCUT2D eigenvalue weighted by molar-refractivity contribution is 7.92. The lowest BCUT2D eigenvalue weighted by Crippen LogP contribution is -2.31. The van der Waals surface area contributed by atoms with Crippen molar-refractivity contribution in [2.75, 3.05) is 11.0 Å². The van der Waals surface area contributed by atoms with Gasteiger partial charge in [0.05, 0.1) is 28.4 Å². The number of aromatic hydroxyl groups is 1. The van der Waals surface area contributed by atoms with Crippen molar-refractivity contribution in [2.24, 2.45) is 5.41 Å². The number of carbonyl (C=O) groups excluding carboxylic acids is 2. The van der Waals surface area contributed by atoms with Crippen molar-refractivity contribution < 1.29 is 28.0 Å². The van der Waals surface area contributed by atoms with E-state index in [9.17, 15) is 23.1 Å². The lowest BCUT2D eigenvalue weighted by Gasteiger charge is -2.17. The Kier molecular flexibility index (Phi) is 4.56. The van der Waals surface area contributed by atoms with Crippen molar-refractivity contribution in [3.05, 3.63) is 23.8 Å². The Balaban J connectivity index is 2.69. The molecule has 1 heterocycles. The van der Waals surface area contributed by atoms with Crippen molar-refractivity contribution in [1.82, 2.24) is 4.73 Å². The molecule has 1 aromatic heterocycles. The van der Waals surface area contributed by atoms with Crippen LogP contribution < -0.4 is 9.56 Å². The van der Waals surface area contributed by atoms with Gasteiger partial charge in [0.1, 0.15) is 0 Å². The fourth-order valence-corrected chi connectivity index (χ4v) is 2.74. The summed E-state index contributed by atoms with van der Waals surface area (Å²) in [5, 5.41) is 10.7. The van der Waals surface area contributed by atoms with Crippen LogP contribution >= 0.6 is 0 Å².